The van der Waals surface area contributed by atoms with Crippen molar-refractivity contribution in [3.63, 3.8) is 0 Å². The van der Waals surface area contributed by atoms with E-state index in [9.17, 15) is 8.42 Å². The number of benzene rings is 1. The van der Waals surface area contributed by atoms with Crippen LogP contribution in [0.5, 0.6) is 0 Å². The van der Waals surface area contributed by atoms with Gasteiger partial charge in [0.15, 0.2) is 0 Å². The van der Waals surface area contributed by atoms with Crippen molar-refractivity contribution in [3.05, 3.63) is 52.5 Å². The van der Waals surface area contributed by atoms with E-state index < -0.39 is 10.0 Å². The lowest BCUT2D eigenvalue weighted by Crippen LogP contribution is -2.39. The second-order valence-electron chi connectivity index (χ2n) is 5.23. The van der Waals surface area contributed by atoms with E-state index in [1.807, 2.05) is 35.7 Å². The molecule has 0 bridgehead atoms. The Morgan fingerprint density at radius 2 is 2.05 bits per heavy atom. The summed E-state index contributed by atoms with van der Waals surface area (Å²) in [5.74, 6) is 0.0652. The molecule has 1 aromatic carbocycles. The zero-order valence-corrected chi connectivity index (χ0v) is 13.3. The van der Waals surface area contributed by atoms with E-state index in [0.717, 1.165) is 29.8 Å². The summed E-state index contributed by atoms with van der Waals surface area (Å²) in [6.45, 7) is 0.597. The number of nitrogens with zero attached hydrogens (tertiary/aromatic N) is 2. The third-order valence-electron chi connectivity index (χ3n) is 3.74. The molecule has 0 radical (unpaired) electrons. The van der Waals surface area contributed by atoms with Crippen LogP contribution in [0.25, 0.3) is 0 Å². The molecule has 0 N–H and O–H groups in total. The minimum absolute atomic E-state index is 0.0652. The molecule has 0 unspecified atom stereocenters. The van der Waals surface area contributed by atoms with Crippen LogP contribution in [-0.2, 0) is 15.8 Å². The Morgan fingerprint density at radius 1 is 1.24 bits per heavy atom. The van der Waals surface area contributed by atoms with Gasteiger partial charge < -0.3 is 0 Å². The Bertz CT molecular complexity index is 669. The molecule has 0 aliphatic carbocycles. The standard InChI is InChI=1S/C15H18N2O2S2/c18-21(19,12-13-6-2-1-3-7-13)17-10-5-4-8-14(17)15-16-9-11-20-15/h1-3,6-7,9,11,14H,4-5,8,10,12H2/t14-/m0/s1. The lowest BCUT2D eigenvalue weighted by molar-refractivity contribution is 0.255. The third kappa shape index (κ3) is 3.33. The third-order valence-corrected chi connectivity index (χ3v) is 6.47. The van der Waals surface area contributed by atoms with Crippen LogP contribution in [0, 0.1) is 0 Å². The van der Waals surface area contributed by atoms with Crippen LogP contribution in [0.4, 0.5) is 0 Å². The highest BCUT2D eigenvalue weighted by molar-refractivity contribution is 7.88. The predicted molar refractivity (Wildman–Crippen MR) is 84.5 cm³/mol. The summed E-state index contributed by atoms with van der Waals surface area (Å²) in [6, 6.07) is 9.28. The summed E-state index contributed by atoms with van der Waals surface area (Å²) >= 11 is 1.54. The maximum atomic E-state index is 12.8. The van der Waals surface area contributed by atoms with Crippen LogP contribution in [0.3, 0.4) is 0 Å². The number of thiazole rings is 1. The van der Waals surface area contributed by atoms with Gasteiger partial charge in [-0.25, -0.2) is 13.4 Å². The molecule has 21 heavy (non-hydrogen) atoms. The molecule has 4 nitrogen and oxygen atoms in total. The van der Waals surface area contributed by atoms with Gasteiger partial charge in [0, 0.05) is 18.1 Å². The Balaban J connectivity index is 1.85. The van der Waals surface area contributed by atoms with Crippen molar-refractivity contribution in [3.8, 4) is 0 Å². The fraction of sp³-hybridized carbons (Fsp3) is 0.400. The minimum atomic E-state index is -3.31. The van der Waals surface area contributed by atoms with Crippen molar-refractivity contribution < 1.29 is 8.42 Å². The maximum absolute atomic E-state index is 12.8. The summed E-state index contributed by atoms with van der Waals surface area (Å²) in [5, 5.41) is 2.82. The van der Waals surface area contributed by atoms with Gasteiger partial charge in [0.25, 0.3) is 0 Å². The zero-order valence-electron chi connectivity index (χ0n) is 11.7. The normalized spacial score (nSPS) is 20.5. The molecule has 1 aliphatic rings. The molecule has 0 spiro atoms. The van der Waals surface area contributed by atoms with Crippen molar-refractivity contribution in [2.45, 2.75) is 31.1 Å². The van der Waals surface area contributed by atoms with Crippen LogP contribution < -0.4 is 0 Å². The molecule has 1 aromatic heterocycles. The Morgan fingerprint density at radius 3 is 2.76 bits per heavy atom. The molecule has 1 atom stereocenters. The van der Waals surface area contributed by atoms with E-state index in [0.29, 0.717) is 6.54 Å². The largest absolute Gasteiger partial charge is 0.248 e. The monoisotopic (exact) mass is 322 g/mol. The molecule has 2 aromatic rings. The lowest BCUT2D eigenvalue weighted by atomic mass is 10.1. The number of hydrogen-bond acceptors (Lipinski definition) is 4. The van der Waals surface area contributed by atoms with Gasteiger partial charge in [-0.05, 0) is 18.4 Å². The Hall–Kier alpha value is -1.24. The Labute approximate surface area is 129 Å². The van der Waals surface area contributed by atoms with Gasteiger partial charge in [0.2, 0.25) is 10.0 Å². The highest BCUT2D eigenvalue weighted by Gasteiger charge is 2.34. The van der Waals surface area contributed by atoms with Gasteiger partial charge in [-0.15, -0.1) is 11.3 Å². The van der Waals surface area contributed by atoms with Gasteiger partial charge in [0.1, 0.15) is 5.01 Å². The summed E-state index contributed by atoms with van der Waals surface area (Å²) in [4.78, 5) is 4.32. The van der Waals surface area contributed by atoms with Crippen molar-refractivity contribution in [2.24, 2.45) is 0 Å². The SMILES string of the molecule is O=S(=O)(Cc1ccccc1)N1CCCC[C@H]1c1nccs1. The average Bonchev–Trinajstić information content (AvgIpc) is 3.02. The fourth-order valence-corrected chi connectivity index (χ4v) is 5.38. The van der Waals surface area contributed by atoms with Gasteiger partial charge in [0.05, 0.1) is 11.8 Å². The zero-order chi connectivity index (χ0) is 14.7. The van der Waals surface area contributed by atoms with E-state index in [2.05, 4.69) is 4.98 Å². The predicted octanol–water partition coefficient (Wildman–Crippen LogP) is 3.20. The number of sulfonamides is 1. The highest BCUT2D eigenvalue weighted by Crippen LogP contribution is 2.34. The molecule has 112 valence electrons. The quantitative estimate of drug-likeness (QED) is 0.868. The summed E-state index contributed by atoms with van der Waals surface area (Å²) in [6.07, 6.45) is 4.59. The molecular formula is C15H18N2O2S2. The first-order valence-corrected chi connectivity index (χ1v) is 9.58. The van der Waals surface area contributed by atoms with E-state index in [4.69, 9.17) is 0 Å². The number of aromatic nitrogens is 1. The van der Waals surface area contributed by atoms with Gasteiger partial charge in [-0.3, -0.25) is 0 Å². The van der Waals surface area contributed by atoms with Crippen molar-refractivity contribution >= 4 is 21.4 Å². The molecule has 6 heteroatoms. The molecule has 1 aliphatic heterocycles. The topological polar surface area (TPSA) is 50.3 Å². The van der Waals surface area contributed by atoms with Gasteiger partial charge in [-0.1, -0.05) is 36.8 Å². The first-order valence-electron chi connectivity index (χ1n) is 7.10. The van der Waals surface area contributed by atoms with Crippen LogP contribution >= 0.6 is 11.3 Å². The molecule has 0 amide bonds. The number of rotatable bonds is 4. The van der Waals surface area contributed by atoms with Crippen LogP contribution in [0.15, 0.2) is 41.9 Å². The molecule has 1 fully saturated rings. The minimum Gasteiger partial charge on any atom is -0.248 e. The van der Waals surface area contributed by atoms with E-state index in [1.54, 1.807) is 10.5 Å². The van der Waals surface area contributed by atoms with Crippen molar-refractivity contribution in [2.75, 3.05) is 6.54 Å². The van der Waals surface area contributed by atoms with Crippen LogP contribution in [0.1, 0.15) is 35.9 Å². The maximum Gasteiger partial charge on any atom is 0.218 e. The van der Waals surface area contributed by atoms with Gasteiger partial charge >= 0.3 is 0 Å². The summed E-state index contributed by atoms with van der Waals surface area (Å²) < 4.78 is 27.2. The second-order valence-corrected chi connectivity index (χ2v) is 8.08. The van der Waals surface area contributed by atoms with Crippen molar-refractivity contribution in [1.82, 2.24) is 9.29 Å². The fourth-order valence-electron chi connectivity index (χ4n) is 2.75. The summed E-state index contributed by atoms with van der Waals surface area (Å²) in [7, 11) is -3.31. The Kier molecular flexibility index (Phi) is 4.37. The molecule has 1 saturated heterocycles. The smallest absolute Gasteiger partial charge is 0.218 e. The molecule has 0 saturated carbocycles. The first kappa shape index (κ1) is 14.7. The van der Waals surface area contributed by atoms with Crippen LogP contribution in [0.2, 0.25) is 0 Å². The molecule has 3 rings (SSSR count). The number of piperidine rings is 1. The average molecular weight is 322 g/mol. The molecular weight excluding hydrogens is 304 g/mol. The first-order chi connectivity index (χ1) is 10.2. The lowest BCUT2D eigenvalue weighted by Gasteiger charge is -2.33. The van der Waals surface area contributed by atoms with E-state index in [-0.39, 0.29) is 11.8 Å². The van der Waals surface area contributed by atoms with Gasteiger partial charge in [-0.2, -0.15) is 4.31 Å². The van der Waals surface area contributed by atoms with Crippen molar-refractivity contribution in [1.29, 1.82) is 0 Å². The summed E-state index contributed by atoms with van der Waals surface area (Å²) in [5.41, 5.74) is 0.834. The highest BCUT2D eigenvalue weighted by atomic mass is 32.2. The van der Waals surface area contributed by atoms with E-state index >= 15 is 0 Å². The molecule has 2 heterocycles. The van der Waals surface area contributed by atoms with E-state index in [1.165, 1.54) is 11.3 Å². The van der Waals surface area contributed by atoms with Crippen LogP contribution in [-0.4, -0.2) is 24.3 Å². The number of hydrogen-bond donors (Lipinski definition) is 0. The second kappa shape index (κ2) is 6.25.